The number of aryl methyl sites for hydroxylation is 1. The van der Waals surface area contributed by atoms with Crippen LogP contribution in [0.3, 0.4) is 0 Å². The largest absolute Gasteiger partial charge is 0.493 e. The number of hydrogen-bond acceptors (Lipinski definition) is 6. The molecule has 0 fully saturated rings. The minimum Gasteiger partial charge on any atom is -0.493 e. The van der Waals surface area contributed by atoms with E-state index in [1.807, 2.05) is 31.2 Å². The molecule has 0 aliphatic rings. The Morgan fingerprint density at radius 3 is 2.62 bits per heavy atom. The summed E-state index contributed by atoms with van der Waals surface area (Å²) in [5, 5.41) is 15.1. The van der Waals surface area contributed by atoms with Crippen LogP contribution in [0.1, 0.15) is 27.0 Å². The zero-order chi connectivity index (χ0) is 23.1. The molecule has 0 radical (unpaired) electrons. The Morgan fingerprint density at radius 1 is 1.19 bits per heavy atom. The van der Waals surface area contributed by atoms with Crippen LogP contribution in [0, 0.1) is 17.0 Å². The van der Waals surface area contributed by atoms with Gasteiger partial charge in [0.15, 0.2) is 11.5 Å². The summed E-state index contributed by atoms with van der Waals surface area (Å²) in [6, 6.07) is 16.6. The zero-order valence-electron chi connectivity index (χ0n) is 17.4. The second kappa shape index (κ2) is 10.4. The van der Waals surface area contributed by atoms with Crippen molar-refractivity contribution in [3.05, 3.63) is 98.1 Å². The molecule has 0 saturated heterocycles. The van der Waals surface area contributed by atoms with Gasteiger partial charge in [-0.3, -0.25) is 14.9 Å². The third kappa shape index (κ3) is 5.83. The van der Waals surface area contributed by atoms with Crippen LogP contribution in [0.25, 0.3) is 0 Å². The Kier molecular flexibility index (Phi) is 7.41. The molecular formula is C23H20ClN3O5. The van der Waals surface area contributed by atoms with E-state index in [1.54, 1.807) is 12.1 Å². The number of rotatable bonds is 8. The van der Waals surface area contributed by atoms with Crippen LogP contribution in [-0.4, -0.2) is 24.2 Å². The van der Waals surface area contributed by atoms with Gasteiger partial charge in [-0.25, -0.2) is 5.43 Å². The second-order valence-electron chi connectivity index (χ2n) is 6.81. The summed E-state index contributed by atoms with van der Waals surface area (Å²) < 4.78 is 11.2. The lowest BCUT2D eigenvalue weighted by Gasteiger charge is -2.13. The molecule has 9 heteroatoms. The molecule has 3 aromatic carbocycles. The molecule has 0 saturated carbocycles. The molecule has 0 bridgehead atoms. The Bertz CT molecular complexity index is 1160. The fraction of sp³-hybridized carbons (Fsp3) is 0.130. The molecule has 0 aliphatic carbocycles. The molecule has 0 heterocycles. The fourth-order valence-corrected chi connectivity index (χ4v) is 3.06. The maximum atomic E-state index is 12.2. The van der Waals surface area contributed by atoms with Gasteiger partial charge in [-0.15, -0.1) is 0 Å². The number of halogens is 1. The van der Waals surface area contributed by atoms with Gasteiger partial charge in [0.1, 0.15) is 6.61 Å². The van der Waals surface area contributed by atoms with E-state index in [9.17, 15) is 14.9 Å². The first-order valence-corrected chi connectivity index (χ1v) is 9.89. The van der Waals surface area contributed by atoms with Crippen molar-refractivity contribution >= 4 is 29.4 Å². The monoisotopic (exact) mass is 453 g/mol. The number of nitro groups is 1. The number of non-ortho nitro benzene ring substituents is 1. The quantitative estimate of drug-likeness (QED) is 0.296. The molecule has 0 aromatic heterocycles. The second-order valence-corrected chi connectivity index (χ2v) is 7.22. The minimum atomic E-state index is -0.582. The summed E-state index contributed by atoms with van der Waals surface area (Å²) in [5.41, 5.74) is 4.98. The van der Waals surface area contributed by atoms with Gasteiger partial charge in [0.05, 0.1) is 23.3 Å². The molecule has 164 valence electrons. The van der Waals surface area contributed by atoms with E-state index in [1.165, 1.54) is 37.6 Å². The van der Waals surface area contributed by atoms with Gasteiger partial charge < -0.3 is 9.47 Å². The number of nitro benzene ring substituents is 1. The highest BCUT2D eigenvalue weighted by Gasteiger charge is 2.13. The molecule has 0 aliphatic heterocycles. The van der Waals surface area contributed by atoms with Crippen molar-refractivity contribution in [3.8, 4) is 11.5 Å². The van der Waals surface area contributed by atoms with E-state index in [2.05, 4.69) is 10.5 Å². The summed E-state index contributed by atoms with van der Waals surface area (Å²) in [7, 11) is 1.50. The maximum Gasteiger partial charge on any atom is 0.271 e. The van der Waals surface area contributed by atoms with E-state index in [0.717, 1.165) is 11.1 Å². The van der Waals surface area contributed by atoms with E-state index in [0.29, 0.717) is 28.7 Å². The van der Waals surface area contributed by atoms with Crippen LogP contribution in [0.4, 0.5) is 5.69 Å². The third-order valence-electron chi connectivity index (χ3n) is 4.45. The summed E-state index contributed by atoms with van der Waals surface area (Å²) in [5.74, 6) is 0.227. The molecule has 0 atom stereocenters. The number of benzene rings is 3. The lowest BCUT2D eigenvalue weighted by molar-refractivity contribution is -0.384. The Hall–Kier alpha value is -3.91. The van der Waals surface area contributed by atoms with E-state index < -0.39 is 10.8 Å². The average molecular weight is 454 g/mol. The lowest BCUT2D eigenvalue weighted by Crippen LogP contribution is -2.17. The van der Waals surface area contributed by atoms with E-state index >= 15 is 0 Å². The topological polar surface area (TPSA) is 103 Å². The average Bonchev–Trinajstić information content (AvgIpc) is 2.79. The number of nitrogens with zero attached hydrogens (tertiary/aromatic N) is 2. The molecule has 0 spiro atoms. The molecule has 0 unspecified atom stereocenters. The van der Waals surface area contributed by atoms with Crippen molar-refractivity contribution in [2.75, 3.05) is 7.11 Å². The SMILES string of the molecule is COc1cc(C=NNC(=O)c2cccc([N+](=O)[O-])c2)cc(Cl)c1OCc1ccc(C)cc1. The molecule has 3 rings (SSSR count). The normalized spacial score (nSPS) is 10.7. The minimum absolute atomic E-state index is 0.117. The molecule has 1 amide bonds. The standard InChI is InChI=1S/C23H20ClN3O5/c1-15-6-8-16(9-7-15)14-32-22-20(24)10-17(11-21(22)31-2)13-25-26-23(28)18-4-3-5-19(12-18)27(29)30/h3-13H,14H2,1-2H3,(H,26,28). The Morgan fingerprint density at radius 2 is 1.94 bits per heavy atom. The molecule has 32 heavy (non-hydrogen) atoms. The molecule has 8 nitrogen and oxygen atoms in total. The van der Waals surface area contributed by atoms with Gasteiger partial charge in [0.25, 0.3) is 11.6 Å². The highest BCUT2D eigenvalue weighted by molar-refractivity contribution is 6.32. The first-order valence-electron chi connectivity index (χ1n) is 9.51. The van der Waals surface area contributed by atoms with Gasteiger partial charge in [0, 0.05) is 17.7 Å². The lowest BCUT2D eigenvalue weighted by atomic mass is 10.1. The van der Waals surface area contributed by atoms with Crippen molar-refractivity contribution in [1.29, 1.82) is 0 Å². The van der Waals surface area contributed by atoms with Crippen LogP contribution in [0.5, 0.6) is 11.5 Å². The van der Waals surface area contributed by atoms with Crippen molar-refractivity contribution in [2.24, 2.45) is 5.10 Å². The Balaban J connectivity index is 1.69. The van der Waals surface area contributed by atoms with Gasteiger partial charge in [0.2, 0.25) is 0 Å². The zero-order valence-corrected chi connectivity index (χ0v) is 18.1. The van der Waals surface area contributed by atoms with Crippen molar-refractivity contribution in [1.82, 2.24) is 5.43 Å². The van der Waals surface area contributed by atoms with Crippen LogP contribution < -0.4 is 14.9 Å². The number of carbonyl (C=O) groups excluding carboxylic acids is 1. The summed E-state index contributed by atoms with van der Waals surface area (Å²) >= 11 is 6.37. The van der Waals surface area contributed by atoms with E-state index in [4.69, 9.17) is 21.1 Å². The number of methoxy groups -OCH3 is 1. The van der Waals surface area contributed by atoms with Gasteiger partial charge in [-0.05, 0) is 36.2 Å². The fourth-order valence-electron chi connectivity index (χ4n) is 2.78. The summed E-state index contributed by atoms with van der Waals surface area (Å²) in [6.07, 6.45) is 1.38. The highest BCUT2D eigenvalue weighted by atomic mass is 35.5. The maximum absolute atomic E-state index is 12.2. The van der Waals surface area contributed by atoms with Gasteiger partial charge in [-0.1, -0.05) is 47.5 Å². The predicted octanol–water partition coefficient (Wildman–Crippen LogP) is 4.91. The number of carbonyl (C=O) groups is 1. The smallest absolute Gasteiger partial charge is 0.271 e. The number of hydrogen-bond donors (Lipinski definition) is 1. The van der Waals surface area contributed by atoms with E-state index in [-0.39, 0.29) is 11.3 Å². The number of nitrogens with one attached hydrogen (secondary N) is 1. The van der Waals surface area contributed by atoms with Crippen LogP contribution in [0.2, 0.25) is 5.02 Å². The Labute approximate surface area is 189 Å². The van der Waals surface area contributed by atoms with Crippen molar-refractivity contribution < 1.29 is 19.2 Å². The first kappa shape index (κ1) is 22.8. The summed E-state index contributed by atoms with van der Waals surface area (Å²) in [6.45, 7) is 2.33. The van der Waals surface area contributed by atoms with Crippen molar-refractivity contribution in [2.45, 2.75) is 13.5 Å². The third-order valence-corrected chi connectivity index (χ3v) is 4.74. The van der Waals surface area contributed by atoms with Gasteiger partial charge in [-0.2, -0.15) is 5.10 Å². The van der Waals surface area contributed by atoms with Crippen LogP contribution in [0.15, 0.2) is 65.8 Å². The van der Waals surface area contributed by atoms with Gasteiger partial charge >= 0.3 is 0 Å². The number of amides is 1. The molecule has 1 N–H and O–H groups in total. The highest BCUT2D eigenvalue weighted by Crippen LogP contribution is 2.36. The predicted molar refractivity (Wildman–Crippen MR) is 122 cm³/mol. The van der Waals surface area contributed by atoms with Crippen LogP contribution in [-0.2, 0) is 6.61 Å². The molecular weight excluding hydrogens is 434 g/mol. The summed E-state index contributed by atoms with van der Waals surface area (Å²) in [4.78, 5) is 22.4. The number of ether oxygens (including phenoxy) is 2. The van der Waals surface area contributed by atoms with Crippen molar-refractivity contribution in [3.63, 3.8) is 0 Å². The molecule has 3 aromatic rings. The number of hydrazone groups is 1. The van der Waals surface area contributed by atoms with Crippen LogP contribution >= 0.6 is 11.6 Å². The first-order chi connectivity index (χ1) is 15.4.